The normalized spacial score (nSPS) is 19.0. The summed E-state index contributed by atoms with van der Waals surface area (Å²) >= 11 is 0. The van der Waals surface area contributed by atoms with Crippen molar-refractivity contribution in [3.05, 3.63) is 46.9 Å². The molecule has 0 bridgehead atoms. The fourth-order valence-electron chi connectivity index (χ4n) is 6.42. The lowest BCUT2D eigenvalue weighted by atomic mass is 9.92. The average Bonchev–Trinajstić information content (AvgIpc) is 3.57. The van der Waals surface area contributed by atoms with Crippen LogP contribution in [0.3, 0.4) is 0 Å². The number of benzene rings is 1. The largest absolute Gasteiger partial charge is 0.417 e. The van der Waals surface area contributed by atoms with Gasteiger partial charge < -0.3 is 9.64 Å². The summed E-state index contributed by atoms with van der Waals surface area (Å²) in [6.45, 7) is 12.1. The van der Waals surface area contributed by atoms with E-state index in [0.717, 1.165) is 62.1 Å². The van der Waals surface area contributed by atoms with E-state index in [2.05, 4.69) is 33.4 Å². The highest BCUT2D eigenvalue weighted by atomic mass is 19.4. The van der Waals surface area contributed by atoms with E-state index < -0.39 is 11.7 Å². The van der Waals surface area contributed by atoms with E-state index in [1.165, 1.54) is 11.8 Å². The first-order chi connectivity index (χ1) is 19.1. The number of aromatic nitrogens is 4. The van der Waals surface area contributed by atoms with Crippen LogP contribution in [0.2, 0.25) is 0 Å². The lowest BCUT2D eigenvalue weighted by Gasteiger charge is -2.35. The number of halogens is 3. The van der Waals surface area contributed by atoms with Crippen molar-refractivity contribution < 1.29 is 17.9 Å². The van der Waals surface area contributed by atoms with E-state index in [-0.39, 0.29) is 17.6 Å². The second-order valence-corrected chi connectivity index (χ2v) is 11.9. The Morgan fingerprint density at radius 3 is 2.45 bits per heavy atom. The van der Waals surface area contributed by atoms with Crippen molar-refractivity contribution in [3.8, 4) is 11.1 Å². The zero-order valence-corrected chi connectivity index (χ0v) is 23.8. The molecule has 0 N–H and O–H groups in total. The molecular weight excluding hydrogens is 517 g/mol. The molecule has 0 unspecified atom stereocenters. The second kappa shape index (κ2) is 10.5. The number of alkyl halides is 3. The maximum absolute atomic E-state index is 14.6. The Hall–Kier alpha value is -2.85. The lowest BCUT2D eigenvalue weighted by Crippen LogP contribution is -2.37. The molecule has 3 aromatic rings. The molecule has 0 spiro atoms. The number of fused-ring (bicyclic) bond motifs is 2. The lowest BCUT2D eigenvalue weighted by molar-refractivity contribution is -0.137. The fourth-order valence-corrected chi connectivity index (χ4v) is 6.42. The number of rotatable bonds is 5. The van der Waals surface area contributed by atoms with Crippen LogP contribution in [0.1, 0.15) is 81.4 Å². The van der Waals surface area contributed by atoms with Crippen LogP contribution in [0.15, 0.2) is 24.5 Å². The van der Waals surface area contributed by atoms with Crippen molar-refractivity contribution in [2.45, 2.75) is 90.6 Å². The molecule has 5 heterocycles. The molecule has 2 aromatic heterocycles. The van der Waals surface area contributed by atoms with Crippen molar-refractivity contribution in [1.82, 2.24) is 24.5 Å². The van der Waals surface area contributed by atoms with Crippen LogP contribution in [0.4, 0.5) is 24.7 Å². The quantitative estimate of drug-likeness (QED) is 0.357. The molecule has 216 valence electrons. The van der Waals surface area contributed by atoms with E-state index >= 15 is 0 Å². The van der Waals surface area contributed by atoms with Gasteiger partial charge in [0.1, 0.15) is 0 Å². The van der Waals surface area contributed by atoms with E-state index in [1.807, 2.05) is 13.8 Å². The summed E-state index contributed by atoms with van der Waals surface area (Å²) in [5.41, 5.74) is 4.02. The van der Waals surface area contributed by atoms with E-state index in [4.69, 9.17) is 9.84 Å². The highest BCUT2D eigenvalue weighted by molar-refractivity contribution is 5.77. The van der Waals surface area contributed by atoms with E-state index in [0.29, 0.717) is 37.1 Å². The molecule has 40 heavy (non-hydrogen) atoms. The minimum absolute atomic E-state index is 0.0682. The molecule has 0 radical (unpaired) electrons. The van der Waals surface area contributed by atoms with Gasteiger partial charge in [-0.15, -0.1) is 0 Å². The Labute approximate surface area is 233 Å². The van der Waals surface area contributed by atoms with Crippen LogP contribution in [0, 0.1) is 0 Å². The van der Waals surface area contributed by atoms with Gasteiger partial charge in [-0.05, 0) is 76.6 Å². The van der Waals surface area contributed by atoms with Gasteiger partial charge in [-0.25, -0.2) is 0 Å². The summed E-state index contributed by atoms with van der Waals surface area (Å²) < 4.78 is 53.2. The SMILES string of the molecule is CC(C)N1CCc2c(c(N3CCCc4cc(-c5cnn(C(C)C)c5)c(C(F)(F)F)cc43)nn2C2CCOCC2)C1. The predicted octanol–water partition coefficient (Wildman–Crippen LogP) is 6.55. The molecule has 0 saturated carbocycles. The highest BCUT2D eigenvalue weighted by Crippen LogP contribution is 2.45. The summed E-state index contributed by atoms with van der Waals surface area (Å²) in [6.07, 6.45) is 3.06. The number of ether oxygens (including phenoxy) is 1. The zero-order chi connectivity index (χ0) is 28.2. The molecule has 0 aliphatic carbocycles. The molecule has 0 atom stereocenters. The minimum Gasteiger partial charge on any atom is -0.381 e. The number of anilines is 2. The Kier molecular flexibility index (Phi) is 7.19. The molecule has 7 nitrogen and oxygen atoms in total. The summed E-state index contributed by atoms with van der Waals surface area (Å²) in [6, 6.07) is 3.82. The molecule has 1 saturated heterocycles. The van der Waals surface area contributed by atoms with Crippen molar-refractivity contribution in [2.24, 2.45) is 0 Å². The van der Waals surface area contributed by atoms with Crippen molar-refractivity contribution >= 4 is 11.5 Å². The first-order valence-electron chi connectivity index (χ1n) is 14.6. The standard InChI is InChI=1S/C30H39F3N6O/c1-19(2)36-11-7-27-25(18-36)29(35-39(27)23-8-12-40-13-9-23)37-10-5-6-21-14-24(22-16-34-38(17-22)20(3)4)26(15-28(21)37)30(31,32)33/h14-17,19-20,23H,5-13,18H2,1-4H3. The maximum atomic E-state index is 14.6. The first kappa shape index (κ1) is 27.3. The molecule has 3 aliphatic heterocycles. The monoisotopic (exact) mass is 556 g/mol. The van der Waals surface area contributed by atoms with E-state index in [9.17, 15) is 13.2 Å². The van der Waals surface area contributed by atoms with Gasteiger partial charge in [0.15, 0.2) is 5.82 Å². The average molecular weight is 557 g/mol. The molecule has 0 amide bonds. The van der Waals surface area contributed by atoms with Crippen molar-refractivity contribution in [3.63, 3.8) is 0 Å². The molecule has 3 aliphatic rings. The van der Waals surface area contributed by atoms with Crippen LogP contribution < -0.4 is 4.90 Å². The smallest absolute Gasteiger partial charge is 0.381 e. The third-order valence-electron chi connectivity index (χ3n) is 8.70. The van der Waals surface area contributed by atoms with Crippen LogP contribution >= 0.6 is 0 Å². The van der Waals surface area contributed by atoms with Crippen LogP contribution in [-0.2, 0) is 30.3 Å². The van der Waals surface area contributed by atoms with Gasteiger partial charge in [0, 0.05) is 80.1 Å². The summed E-state index contributed by atoms with van der Waals surface area (Å²) in [4.78, 5) is 4.50. The Morgan fingerprint density at radius 2 is 1.77 bits per heavy atom. The summed E-state index contributed by atoms with van der Waals surface area (Å²) in [5, 5.41) is 9.51. The Balaban J connectivity index is 1.47. The molecule has 10 heteroatoms. The third kappa shape index (κ3) is 4.93. The number of nitrogens with zero attached hydrogens (tertiary/aromatic N) is 6. The Morgan fingerprint density at radius 1 is 1.00 bits per heavy atom. The van der Waals surface area contributed by atoms with Crippen LogP contribution in [0.5, 0.6) is 0 Å². The van der Waals surface area contributed by atoms with E-state index in [1.54, 1.807) is 23.1 Å². The Bertz CT molecular complexity index is 1370. The van der Waals surface area contributed by atoms with Gasteiger partial charge in [-0.1, -0.05) is 0 Å². The molecule has 6 rings (SSSR count). The summed E-state index contributed by atoms with van der Waals surface area (Å²) in [5.74, 6) is 0.821. The first-order valence-corrected chi connectivity index (χ1v) is 14.6. The fraction of sp³-hybridized carbons (Fsp3) is 0.600. The van der Waals surface area contributed by atoms with Crippen molar-refractivity contribution in [2.75, 3.05) is 31.2 Å². The predicted molar refractivity (Wildman–Crippen MR) is 149 cm³/mol. The van der Waals surface area contributed by atoms with Gasteiger partial charge in [0.25, 0.3) is 0 Å². The van der Waals surface area contributed by atoms with Crippen LogP contribution in [-0.4, -0.2) is 56.8 Å². The van der Waals surface area contributed by atoms with Crippen molar-refractivity contribution in [1.29, 1.82) is 0 Å². The van der Waals surface area contributed by atoms with Crippen LogP contribution in [0.25, 0.3) is 11.1 Å². The highest BCUT2D eigenvalue weighted by Gasteiger charge is 2.38. The maximum Gasteiger partial charge on any atom is 0.417 e. The van der Waals surface area contributed by atoms with Gasteiger partial charge in [0.05, 0.1) is 17.8 Å². The second-order valence-electron chi connectivity index (χ2n) is 11.9. The number of hydrogen-bond donors (Lipinski definition) is 0. The van der Waals surface area contributed by atoms with Gasteiger partial charge in [-0.2, -0.15) is 23.4 Å². The molecular formula is C30H39F3N6O. The molecule has 1 fully saturated rings. The number of aryl methyl sites for hydroxylation is 1. The zero-order valence-electron chi connectivity index (χ0n) is 23.8. The van der Waals surface area contributed by atoms with Gasteiger partial charge in [0.2, 0.25) is 0 Å². The van der Waals surface area contributed by atoms with Gasteiger partial charge >= 0.3 is 6.18 Å². The molecule has 1 aromatic carbocycles. The van der Waals surface area contributed by atoms with Gasteiger partial charge in [-0.3, -0.25) is 14.3 Å². The topological polar surface area (TPSA) is 51.3 Å². The minimum atomic E-state index is -4.50. The summed E-state index contributed by atoms with van der Waals surface area (Å²) in [7, 11) is 0. The number of hydrogen-bond acceptors (Lipinski definition) is 5. The third-order valence-corrected chi connectivity index (χ3v) is 8.70.